The predicted octanol–water partition coefficient (Wildman–Crippen LogP) is 3.55. The monoisotopic (exact) mass is 305 g/mol. The number of nitrogens with two attached hydrogens (primary N) is 1. The van der Waals surface area contributed by atoms with Gasteiger partial charge in [0.05, 0.1) is 21.0 Å². The van der Waals surface area contributed by atoms with E-state index >= 15 is 0 Å². The third-order valence-electron chi connectivity index (χ3n) is 2.16. The van der Waals surface area contributed by atoms with Crippen LogP contribution in [0.2, 0.25) is 4.34 Å². The normalized spacial score (nSPS) is 13.0. The quantitative estimate of drug-likeness (QED) is 0.922. The van der Waals surface area contributed by atoms with Crippen LogP contribution in [0.15, 0.2) is 22.8 Å². The first kappa shape index (κ1) is 11.0. The van der Waals surface area contributed by atoms with Crippen molar-refractivity contribution in [3.8, 4) is 0 Å². The van der Waals surface area contributed by atoms with E-state index in [0.717, 1.165) is 13.7 Å². The molecule has 1 atom stereocenters. The highest BCUT2D eigenvalue weighted by Crippen LogP contribution is 2.31. The van der Waals surface area contributed by atoms with E-state index in [-0.39, 0.29) is 6.04 Å². The van der Waals surface area contributed by atoms with Crippen LogP contribution in [0, 0.1) is 0 Å². The minimum absolute atomic E-state index is 0.105. The van der Waals surface area contributed by atoms with Gasteiger partial charge in [-0.3, -0.25) is 0 Å². The van der Waals surface area contributed by atoms with E-state index in [2.05, 4.69) is 21.0 Å². The van der Waals surface area contributed by atoms with E-state index in [1.165, 1.54) is 0 Å². The lowest BCUT2D eigenvalue weighted by Crippen LogP contribution is -2.10. The molecule has 0 radical (unpaired) electrons. The van der Waals surface area contributed by atoms with Crippen LogP contribution in [0.5, 0.6) is 0 Å². The second-order valence-corrected chi connectivity index (χ2v) is 5.74. The zero-order valence-electron chi connectivity index (χ0n) is 7.95. The van der Waals surface area contributed by atoms with Gasteiger partial charge in [0.15, 0.2) is 0 Å². The van der Waals surface area contributed by atoms with E-state index in [1.54, 1.807) is 22.2 Å². The number of rotatable bonds is 2. The average Bonchev–Trinajstić information content (AvgIpc) is 2.75. The van der Waals surface area contributed by atoms with Gasteiger partial charge < -0.3 is 5.73 Å². The highest BCUT2D eigenvalue weighted by atomic mass is 79.9. The van der Waals surface area contributed by atoms with E-state index in [1.807, 2.05) is 19.1 Å². The number of hydrogen-bond donors (Lipinski definition) is 1. The largest absolute Gasteiger partial charge is 0.383 e. The van der Waals surface area contributed by atoms with Crippen molar-refractivity contribution in [3.63, 3.8) is 0 Å². The molecule has 0 amide bonds. The number of hydrogen-bond acceptors (Lipinski definition) is 3. The van der Waals surface area contributed by atoms with Gasteiger partial charge in [-0.25, -0.2) is 4.68 Å². The second-order valence-electron chi connectivity index (χ2n) is 3.14. The van der Waals surface area contributed by atoms with Crippen molar-refractivity contribution in [3.05, 3.63) is 32.0 Å². The maximum absolute atomic E-state index is 5.89. The third kappa shape index (κ3) is 2.04. The van der Waals surface area contributed by atoms with Crippen molar-refractivity contribution in [2.45, 2.75) is 13.0 Å². The number of nitrogen functional groups attached to an aromatic ring is 1. The fourth-order valence-corrected chi connectivity index (χ4v) is 2.70. The fraction of sp³-hybridized carbons (Fsp3) is 0.222. The Morgan fingerprint density at radius 1 is 1.60 bits per heavy atom. The van der Waals surface area contributed by atoms with Crippen molar-refractivity contribution < 1.29 is 0 Å². The van der Waals surface area contributed by atoms with Crippen LogP contribution in [-0.2, 0) is 0 Å². The summed E-state index contributed by atoms with van der Waals surface area (Å²) < 4.78 is 3.37. The van der Waals surface area contributed by atoms with Crippen LogP contribution >= 0.6 is 38.9 Å². The van der Waals surface area contributed by atoms with Crippen molar-refractivity contribution in [1.82, 2.24) is 9.78 Å². The molecule has 0 aliphatic heterocycles. The summed E-state index contributed by atoms with van der Waals surface area (Å²) in [5.74, 6) is 0.632. The molecule has 0 aliphatic carbocycles. The molecule has 15 heavy (non-hydrogen) atoms. The Morgan fingerprint density at radius 3 is 2.80 bits per heavy atom. The summed E-state index contributed by atoms with van der Waals surface area (Å²) in [5.41, 5.74) is 5.87. The minimum atomic E-state index is 0.105. The molecule has 3 nitrogen and oxygen atoms in total. The molecule has 0 aliphatic rings. The second kappa shape index (κ2) is 4.15. The summed E-state index contributed by atoms with van der Waals surface area (Å²) in [5, 5.41) is 4.21. The highest BCUT2D eigenvalue weighted by molar-refractivity contribution is 9.10. The number of anilines is 1. The first-order chi connectivity index (χ1) is 7.09. The molecule has 2 aromatic rings. The highest BCUT2D eigenvalue weighted by Gasteiger charge is 2.15. The number of thiophene rings is 1. The Kier molecular flexibility index (Phi) is 3.04. The van der Waals surface area contributed by atoms with Crippen molar-refractivity contribution in [1.29, 1.82) is 0 Å². The van der Waals surface area contributed by atoms with Crippen LogP contribution in [0.25, 0.3) is 0 Å². The maximum atomic E-state index is 5.89. The van der Waals surface area contributed by atoms with Gasteiger partial charge in [-0.1, -0.05) is 11.6 Å². The number of aromatic nitrogens is 2. The average molecular weight is 307 g/mol. The number of halogens is 2. The fourth-order valence-electron chi connectivity index (χ4n) is 1.33. The van der Waals surface area contributed by atoms with Gasteiger partial charge >= 0.3 is 0 Å². The van der Waals surface area contributed by atoms with Crippen LogP contribution in [-0.4, -0.2) is 9.78 Å². The Morgan fingerprint density at radius 2 is 2.33 bits per heavy atom. The zero-order valence-corrected chi connectivity index (χ0v) is 11.1. The molecular formula is C9H9BrClN3S. The Hall–Kier alpha value is -0.520. The van der Waals surface area contributed by atoms with Crippen molar-refractivity contribution in [2.75, 3.05) is 5.73 Å². The van der Waals surface area contributed by atoms with Gasteiger partial charge in [0.2, 0.25) is 0 Å². The SMILES string of the molecule is CC(c1ccc(Cl)s1)n1ncc(Br)c1N. The molecule has 0 bridgehead atoms. The molecule has 1 unspecified atom stereocenters. The van der Waals surface area contributed by atoms with Crippen LogP contribution < -0.4 is 5.73 Å². The molecule has 6 heteroatoms. The molecule has 2 heterocycles. The van der Waals surface area contributed by atoms with Crippen LogP contribution in [0.1, 0.15) is 17.8 Å². The van der Waals surface area contributed by atoms with Gasteiger partial charge in [-0.15, -0.1) is 11.3 Å². The van der Waals surface area contributed by atoms with Crippen molar-refractivity contribution >= 4 is 44.7 Å². The summed E-state index contributed by atoms with van der Waals surface area (Å²) in [4.78, 5) is 1.14. The molecular weight excluding hydrogens is 298 g/mol. The molecule has 0 spiro atoms. The topological polar surface area (TPSA) is 43.8 Å². The Bertz CT molecular complexity index is 479. The Balaban J connectivity index is 2.36. The first-order valence-corrected chi connectivity index (χ1v) is 6.32. The molecule has 2 aromatic heterocycles. The molecule has 0 saturated heterocycles. The zero-order chi connectivity index (χ0) is 11.0. The number of nitrogens with zero attached hydrogens (tertiary/aromatic N) is 2. The lowest BCUT2D eigenvalue weighted by molar-refractivity contribution is 0.581. The van der Waals surface area contributed by atoms with Crippen LogP contribution in [0.4, 0.5) is 5.82 Å². The standard InChI is InChI=1S/C9H9BrClN3S/c1-5(7-2-3-8(11)15-7)14-9(12)6(10)4-13-14/h2-5H,12H2,1H3. The summed E-state index contributed by atoms with van der Waals surface area (Å²) >= 11 is 10.8. The lowest BCUT2D eigenvalue weighted by atomic mass is 10.3. The summed E-state index contributed by atoms with van der Waals surface area (Å²) in [6.07, 6.45) is 1.70. The molecule has 2 rings (SSSR count). The molecule has 2 N–H and O–H groups in total. The van der Waals surface area contributed by atoms with E-state index in [0.29, 0.717) is 5.82 Å². The Labute approximate surface area is 105 Å². The summed E-state index contributed by atoms with van der Waals surface area (Å²) in [6.45, 7) is 2.04. The lowest BCUT2D eigenvalue weighted by Gasteiger charge is -2.11. The van der Waals surface area contributed by atoms with E-state index in [4.69, 9.17) is 17.3 Å². The maximum Gasteiger partial charge on any atom is 0.136 e. The first-order valence-electron chi connectivity index (χ1n) is 4.33. The predicted molar refractivity (Wildman–Crippen MR) is 67.5 cm³/mol. The van der Waals surface area contributed by atoms with Gasteiger partial charge in [-0.05, 0) is 35.0 Å². The molecule has 0 aromatic carbocycles. The van der Waals surface area contributed by atoms with Gasteiger partial charge in [-0.2, -0.15) is 5.10 Å². The minimum Gasteiger partial charge on any atom is -0.383 e. The van der Waals surface area contributed by atoms with Gasteiger partial charge in [0.1, 0.15) is 5.82 Å². The smallest absolute Gasteiger partial charge is 0.136 e. The third-order valence-corrected chi connectivity index (χ3v) is 4.17. The molecule has 0 saturated carbocycles. The van der Waals surface area contributed by atoms with E-state index in [9.17, 15) is 0 Å². The van der Waals surface area contributed by atoms with Crippen molar-refractivity contribution in [2.24, 2.45) is 0 Å². The van der Waals surface area contributed by atoms with E-state index < -0.39 is 0 Å². The summed E-state index contributed by atoms with van der Waals surface area (Å²) in [7, 11) is 0. The van der Waals surface area contributed by atoms with Gasteiger partial charge in [0, 0.05) is 4.88 Å². The summed E-state index contributed by atoms with van der Waals surface area (Å²) in [6, 6.07) is 3.98. The molecule has 80 valence electrons. The van der Waals surface area contributed by atoms with Crippen LogP contribution in [0.3, 0.4) is 0 Å². The van der Waals surface area contributed by atoms with Gasteiger partial charge in [0.25, 0.3) is 0 Å². The molecule has 0 fully saturated rings.